The highest BCUT2D eigenvalue weighted by molar-refractivity contribution is 5.96. The lowest BCUT2D eigenvalue weighted by molar-refractivity contribution is 0.0950. The number of hydrogen-bond acceptors (Lipinski definition) is 4. The number of pyridine rings is 2. The molecule has 0 atom stereocenters. The molecule has 3 heterocycles. The first kappa shape index (κ1) is 21.5. The van der Waals surface area contributed by atoms with Gasteiger partial charge < -0.3 is 9.88 Å². The molecule has 0 aliphatic rings. The quantitative estimate of drug-likeness (QED) is 0.364. The summed E-state index contributed by atoms with van der Waals surface area (Å²) in [6, 6.07) is 13.2. The molecule has 2 N–H and O–H groups in total. The Hall–Kier alpha value is -3.74. The maximum Gasteiger partial charge on any atom is 0.267 e. The molecule has 0 aliphatic heterocycles. The zero-order valence-electron chi connectivity index (χ0n) is 18.6. The van der Waals surface area contributed by atoms with Crippen molar-refractivity contribution < 1.29 is 4.79 Å². The molecule has 0 spiro atoms. The maximum atomic E-state index is 13.4. The molecule has 1 amide bonds. The summed E-state index contributed by atoms with van der Waals surface area (Å²) in [5.74, 6) is -0.350. The number of unbranched alkanes of at least 4 members (excludes halogenated alkanes) is 1. The largest absolute Gasteiger partial charge is 0.352 e. The van der Waals surface area contributed by atoms with Crippen molar-refractivity contribution in [3.05, 3.63) is 86.8 Å². The van der Waals surface area contributed by atoms with Crippen molar-refractivity contribution in [3.8, 4) is 0 Å². The van der Waals surface area contributed by atoms with Crippen LogP contribution < -0.4 is 16.4 Å². The van der Waals surface area contributed by atoms with E-state index < -0.39 is 0 Å². The number of amides is 1. The van der Waals surface area contributed by atoms with Gasteiger partial charge in [0.05, 0.1) is 17.5 Å². The third kappa shape index (κ3) is 3.93. The van der Waals surface area contributed by atoms with Gasteiger partial charge in [-0.25, -0.2) is 4.98 Å². The van der Waals surface area contributed by atoms with Gasteiger partial charge in [0.15, 0.2) is 0 Å². The molecular formula is C25H27N5O2. The van der Waals surface area contributed by atoms with Gasteiger partial charge in [-0.2, -0.15) is 0 Å². The van der Waals surface area contributed by atoms with Crippen LogP contribution in [0.15, 0.2) is 53.5 Å². The molecule has 0 bridgehead atoms. The lowest BCUT2D eigenvalue weighted by Gasteiger charge is -2.15. The highest BCUT2D eigenvalue weighted by atomic mass is 16.1. The second-order valence-corrected chi connectivity index (χ2v) is 8.13. The minimum Gasteiger partial charge on any atom is -0.352 e. The number of aromatic nitrogens is 3. The maximum absolute atomic E-state index is 13.4. The lowest BCUT2D eigenvalue weighted by Crippen LogP contribution is -2.35. The van der Waals surface area contributed by atoms with Crippen LogP contribution in [0.4, 0.5) is 0 Å². The third-order valence-corrected chi connectivity index (χ3v) is 5.66. The Morgan fingerprint density at radius 3 is 2.59 bits per heavy atom. The molecule has 7 nitrogen and oxygen atoms in total. The standard InChI is InChI=1S/C25H27N5O2/c1-4-5-12-27-24(31)19-14-20-23(28-22-17(3)7-6-13-29(22)25(20)32)30(21(19)26)15-18-10-8-16(2)9-11-18/h6-11,13-14,26H,4-5,12,15H2,1-3H3,(H,27,31). The number of aryl methyl sites for hydroxylation is 2. The van der Waals surface area contributed by atoms with Crippen molar-refractivity contribution >= 4 is 22.6 Å². The molecule has 1 aromatic carbocycles. The number of fused-ring (bicyclic) bond motifs is 2. The number of carbonyl (C=O) groups is 1. The molecule has 0 radical (unpaired) electrons. The van der Waals surface area contributed by atoms with Crippen LogP contribution in [0.2, 0.25) is 0 Å². The van der Waals surface area contributed by atoms with Crippen molar-refractivity contribution in [3.63, 3.8) is 0 Å². The minimum absolute atomic E-state index is 0.0388. The van der Waals surface area contributed by atoms with Crippen molar-refractivity contribution in [1.29, 1.82) is 5.41 Å². The van der Waals surface area contributed by atoms with Crippen LogP contribution in [-0.4, -0.2) is 26.4 Å². The highest BCUT2D eigenvalue weighted by Gasteiger charge is 2.18. The van der Waals surface area contributed by atoms with E-state index in [0.29, 0.717) is 29.8 Å². The molecule has 0 unspecified atom stereocenters. The van der Waals surface area contributed by atoms with Gasteiger partial charge in [-0.3, -0.25) is 19.4 Å². The fourth-order valence-electron chi connectivity index (χ4n) is 3.77. The van der Waals surface area contributed by atoms with Crippen LogP contribution in [0.3, 0.4) is 0 Å². The molecule has 32 heavy (non-hydrogen) atoms. The SMILES string of the molecule is CCCCNC(=O)c1cc2c(=O)n3cccc(C)c3nc2n(Cc2ccc(C)cc2)c1=N. The molecule has 0 saturated carbocycles. The molecule has 7 heteroatoms. The van der Waals surface area contributed by atoms with Gasteiger partial charge in [-0.05, 0) is 43.5 Å². The molecular weight excluding hydrogens is 402 g/mol. The normalized spacial score (nSPS) is 11.2. The van der Waals surface area contributed by atoms with Gasteiger partial charge in [0.25, 0.3) is 11.5 Å². The van der Waals surface area contributed by atoms with Gasteiger partial charge >= 0.3 is 0 Å². The number of hydrogen-bond donors (Lipinski definition) is 2. The molecule has 4 rings (SSSR count). The topological polar surface area (TPSA) is 92.2 Å². The Morgan fingerprint density at radius 1 is 1.12 bits per heavy atom. The first-order valence-electron chi connectivity index (χ1n) is 10.8. The second-order valence-electron chi connectivity index (χ2n) is 8.13. The van der Waals surface area contributed by atoms with E-state index in [1.165, 1.54) is 10.5 Å². The first-order chi connectivity index (χ1) is 15.4. The predicted molar refractivity (Wildman–Crippen MR) is 125 cm³/mol. The Labute approximate surface area is 185 Å². The summed E-state index contributed by atoms with van der Waals surface area (Å²) in [7, 11) is 0. The Morgan fingerprint density at radius 2 is 1.88 bits per heavy atom. The summed E-state index contributed by atoms with van der Waals surface area (Å²) in [6.45, 7) is 6.82. The summed E-state index contributed by atoms with van der Waals surface area (Å²) < 4.78 is 3.15. The monoisotopic (exact) mass is 429 g/mol. The smallest absolute Gasteiger partial charge is 0.267 e. The lowest BCUT2D eigenvalue weighted by atomic mass is 10.1. The van der Waals surface area contributed by atoms with Crippen LogP contribution >= 0.6 is 0 Å². The molecule has 4 aromatic rings. The number of rotatable bonds is 6. The Kier molecular flexibility index (Phi) is 5.90. The fraction of sp³-hybridized carbons (Fsp3) is 0.280. The van der Waals surface area contributed by atoms with E-state index in [1.807, 2.05) is 51.1 Å². The number of nitrogens with zero attached hydrogens (tertiary/aromatic N) is 3. The molecule has 0 fully saturated rings. The average molecular weight is 430 g/mol. The van der Waals surface area contributed by atoms with E-state index in [9.17, 15) is 9.59 Å². The summed E-state index contributed by atoms with van der Waals surface area (Å²) in [6.07, 6.45) is 3.48. The van der Waals surface area contributed by atoms with E-state index in [0.717, 1.165) is 29.5 Å². The van der Waals surface area contributed by atoms with Crippen molar-refractivity contribution in [2.45, 2.75) is 40.2 Å². The van der Waals surface area contributed by atoms with Gasteiger partial charge in [-0.15, -0.1) is 0 Å². The third-order valence-electron chi connectivity index (χ3n) is 5.66. The van der Waals surface area contributed by atoms with Crippen molar-refractivity contribution in [2.24, 2.45) is 0 Å². The van der Waals surface area contributed by atoms with E-state index in [-0.39, 0.29) is 22.5 Å². The van der Waals surface area contributed by atoms with E-state index >= 15 is 0 Å². The molecule has 3 aromatic heterocycles. The first-order valence-corrected chi connectivity index (χ1v) is 10.8. The summed E-state index contributed by atoms with van der Waals surface area (Å²) in [5, 5.41) is 12.0. The summed E-state index contributed by atoms with van der Waals surface area (Å²) in [4.78, 5) is 31.0. The predicted octanol–water partition coefficient (Wildman–Crippen LogP) is 3.32. The van der Waals surface area contributed by atoms with Crippen molar-refractivity contribution in [1.82, 2.24) is 19.3 Å². The second kappa shape index (κ2) is 8.78. The van der Waals surface area contributed by atoms with E-state index in [4.69, 9.17) is 10.4 Å². The number of carbonyl (C=O) groups excluding carboxylic acids is 1. The van der Waals surface area contributed by atoms with Gasteiger partial charge in [0, 0.05) is 12.7 Å². The molecule has 164 valence electrons. The van der Waals surface area contributed by atoms with Gasteiger partial charge in [0.1, 0.15) is 16.8 Å². The van der Waals surface area contributed by atoms with Crippen LogP contribution in [0.5, 0.6) is 0 Å². The highest BCUT2D eigenvalue weighted by Crippen LogP contribution is 2.14. The fourth-order valence-corrected chi connectivity index (χ4v) is 3.77. The van der Waals surface area contributed by atoms with E-state index in [1.54, 1.807) is 16.8 Å². The zero-order chi connectivity index (χ0) is 22.8. The van der Waals surface area contributed by atoms with Gasteiger partial charge in [0.2, 0.25) is 0 Å². The zero-order valence-corrected chi connectivity index (χ0v) is 18.6. The Balaban J connectivity index is 1.99. The molecule has 0 saturated heterocycles. The van der Waals surface area contributed by atoms with E-state index in [2.05, 4.69) is 5.32 Å². The van der Waals surface area contributed by atoms with Crippen LogP contribution in [-0.2, 0) is 6.54 Å². The summed E-state index contributed by atoms with van der Waals surface area (Å²) >= 11 is 0. The van der Waals surface area contributed by atoms with Crippen LogP contribution in [0.1, 0.15) is 46.8 Å². The van der Waals surface area contributed by atoms with Gasteiger partial charge in [-0.1, -0.05) is 49.2 Å². The van der Waals surface area contributed by atoms with Crippen LogP contribution in [0, 0.1) is 19.3 Å². The number of benzene rings is 1. The summed E-state index contributed by atoms with van der Waals surface area (Å²) in [5.41, 5.74) is 3.86. The Bertz CT molecular complexity index is 1430. The average Bonchev–Trinajstić information content (AvgIpc) is 2.78. The van der Waals surface area contributed by atoms with Crippen molar-refractivity contribution in [2.75, 3.05) is 6.54 Å². The van der Waals surface area contributed by atoms with Crippen LogP contribution in [0.25, 0.3) is 16.7 Å². The number of nitrogens with one attached hydrogen (secondary N) is 2. The molecule has 0 aliphatic carbocycles. The minimum atomic E-state index is -0.350.